The van der Waals surface area contributed by atoms with Gasteiger partial charge in [0.15, 0.2) is 0 Å². The third-order valence-electron chi connectivity index (χ3n) is 4.58. The molecular weight excluding hydrogens is 436 g/mol. The Balaban J connectivity index is 0.000000339. The van der Waals surface area contributed by atoms with E-state index in [1.54, 1.807) is 29.8 Å². The predicted octanol–water partition coefficient (Wildman–Crippen LogP) is 3.97. The first-order valence-corrected chi connectivity index (χ1v) is 10.1. The fourth-order valence-corrected chi connectivity index (χ4v) is 3.77. The first kappa shape index (κ1) is 22.8. The van der Waals surface area contributed by atoms with Crippen molar-refractivity contribution in [2.75, 3.05) is 13.1 Å². The molecule has 1 aliphatic rings. The van der Waals surface area contributed by atoms with Crippen molar-refractivity contribution in [2.45, 2.75) is 25.6 Å². The van der Waals surface area contributed by atoms with Crippen LogP contribution in [-0.4, -0.2) is 50.2 Å². The zero-order chi connectivity index (χ0) is 22.4. The second-order valence-corrected chi connectivity index (χ2v) is 7.64. The first-order chi connectivity index (χ1) is 14.7. The first-order valence-electron chi connectivity index (χ1n) is 9.23. The van der Waals surface area contributed by atoms with Crippen LogP contribution < -0.4 is 0 Å². The van der Waals surface area contributed by atoms with E-state index in [4.69, 9.17) is 9.90 Å². The maximum atomic E-state index is 13.2. The molecule has 0 fully saturated rings. The van der Waals surface area contributed by atoms with Crippen molar-refractivity contribution < 1.29 is 27.5 Å². The molecule has 3 heterocycles. The summed E-state index contributed by atoms with van der Waals surface area (Å²) in [6, 6.07) is 6.54. The van der Waals surface area contributed by atoms with E-state index in [9.17, 15) is 17.6 Å². The van der Waals surface area contributed by atoms with Crippen molar-refractivity contribution in [2.24, 2.45) is 0 Å². The second kappa shape index (κ2) is 9.92. The molecule has 1 aromatic carbocycles. The van der Waals surface area contributed by atoms with Crippen LogP contribution in [0.25, 0.3) is 11.3 Å². The molecule has 0 bridgehead atoms. The zero-order valence-corrected chi connectivity index (χ0v) is 17.0. The van der Waals surface area contributed by atoms with Crippen LogP contribution in [0.5, 0.6) is 0 Å². The zero-order valence-electron chi connectivity index (χ0n) is 16.1. The molecule has 0 saturated carbocycles. The molecule has 0 spiro atoms. The van der Waals surface area contributed by atoms with Gasteiger partial charge in [-0.15, -0.1) is 11.3 Å². The van der Waals surface area contributed by atoms with Gasteiger partial charge in [0.25, 0.3) is 0 Å². The summed E-state index contributed by atoms with van der Waals surface area (Å²) in [5.41, 5.74) is 4.16. The fourth-order valence-electron chi connectivity index (χ4n) is 3.11. The highest BCUT2D eigenvalue weighted by Crippen LogP contribution is 2.26. The lowest BCUT2D eigenvalue weighted by Crippen LogP contribution is -2.25. The van der Waals surface area contributed by atoms with E-state index >= 15 is 0 Å². The monoisotopic (exact) mass is 454 g/mol. The average Bonchev–Trinajstić information content (AvgIpc) is 3.15. The lowest BCUT2D eigenvalue weighted by atomic mass is 10.0. The van der Waals surface area contributed by atoms with Gasteiger partial charge in [0, 0.05) is 47.9 Å². The maximum absolute atomic E-state index is 13.2. The molecule has 4 rings (SSSR count). The van der Waals surface area contributed by atoms with E-state index < -0.39 is 12.1 Å². The number of halogens is 4. The Morgan fingerprint density at radius 1 is 1.10 bits per heavy atom. The van der Waals surface area contributed by atoms with Crippen LogP contribution in [0.4, 0.5) is 17.6 Å². The van der Waals surface area contributed by atoms with Gasteiger partial charge in [-0.2, -0.15) is 13.2 Å². The van der Waals surface area contributed by atoms with E-state index in [-0.39, 0.29) is 5.82 Å². The standard InChI is InChI=1S/C18H17FN4S.C2HF3O2/c19-14-3-1-13(2-4-14)18-15-5-8-23(11-17-20-7-10-24-17)9-6-16(15)21-12-22-18;3-2(4,5)1(6)7/h1-4,7,10,12H,5-6,8-9,11H2;(H,6,7). The number of carboxylic acids is 1. The minimum atomic E-state index is -5.08. The number of aromatic nitrogens is 3. The van der Waals surface area contributed by atoms with E-state index in [1.807, 2.05) is 11.6 Å². The van der Waals surface area contributed by atoms with Crippen molar-refractivity contribution in [3.63, 3.8) is 0 Å². The van der Waals surface area contributed by atoms with Gasteiger partial charge in [0.05, 0.1) is 12.2 Å². The van der Waals surface area contributed by atoms with E-state index in [1.165, 1.54) is 17.7 Å². The van der Waals surface area contributed by atoms with E-state index in [0.29, 0.717) is 0 Å². The molecule has 0 amide bonds. The molecule has 1 N–H and O–H groups in total. The van der Waals surface area contributed by atoms with Crippen molar-refractivity contribution >= 4 is 17.3 Å². The Morgan fingerprint density at radius 2 is 1.77 bits per heavy atom. The van der Waals surface area contributed by atoms with Gasteiger partial charge in [-0.25, -0.2) is 24.1 Å². The number of carbonyl (C=O) groups is 1. The summed E-state index contributed by atoms with van der Waals surface area (Å²) in [4.78, 5) is 24.6. The number of thiazole rings is 1. The van der Waals surface area contributed by atoms with Gasteiger partial charge in [0.1, 0.15) is 17.2 Å². The molecule has 1 aliphatic heterocycles. The SMILES string of the molecule is Fc1ccc(-c2ncnc3c2CCN(Cc2nccs2)CC3)cc1.O=C(O)C(F)(F)F. The molecule has 2 aromatic heterocycles. The molecule has 0 unspecified atom stereocenters. The van der Waals surface area contributed by atoms with Crippen LogP contribution in [0.3, 0.4) is 0 Å². The Hall–Kier alpha value is -2.92. The molecule has 0 radical (unpaired) electrons. The number of benzene rings is 1. The normalized spacial score (nSPS) is 14.2. The molecule has 0 saturated heterocycles. The van der Waals surface area contributed by atoms with Gasteiger partial charge < -0.3 is 5.11 Å². The lowest BCUT2D eigenvalue weighted by molar-refractivity contribution is -0.192. The van der Waals surface area contributed by atoms with Gasteiger partial charge in [-0.1, -0.05) is 0 Å². The quantitative estimate of drug-likeness (QED) is 0.604. The van der Waals surface area contributed by atoms with Crippen LogP contribution in [0.2, 0.25) is 0 Å². The Morgan fingerprint density at radius 3 is 2.39 bits per heavy atom. The number of fused-ring (bicyclic) bond motifs is 1. The van der Waals surface area contributed by atoms with Crippen LogP contribution in [0.15, 0.2) is 42.2 Å². The largest absolute Gasteiger partial charge is 0.490 e. The third-order valence-corrected chi connectivity index (χ3v) is 5.34. The number of carboxylic acid groups (broad SMARTS) is 1. The highest BCUT2D eigenvalue weighted by molar-refractivity contribution is 7.09. The molecule has 3 aromatic rings. The molecular formula is C20H18F4N4O2S. The molecule has 31 heavy (non-hydrogen) atoms. The number of nitrogens with zero attached hydrogens (tertiary/aromatic N) is 4. The fraction of sp³-hybridized carbons (Fsp3) is 0.300. The van der Waals surface area contributed by atoms with Crippen LogP contribution in [0.1, 0.15) is 16.3 Å². The number of rotatable bonds is 3. The minimum absolute atomic E-state index is 0.228. The van der Waals surface area contributed by atoms with Crippen molar-refractivity contribution in [1.82, 2.24) is 19.9 Å². The number of hydrogen-bond acceptors (Lipinski definition) is 6. The third kappa shape index (κ3) is 6.28. The van der Waals surface area contributed by atoms with Gasteiger partial charge in [-0.3, -0.25) is 4.90 Å². The van der Waals surface area contributed by atoms with Crippen molar-refractivity contribution in [3.05, 3.63) is 64.3 Å². The van der Waals surface area contributed by atoms with Crippen LogP contribution in [-0.2, 0) is 24.2 Å². The highest BCUT2D eigenvalue weighted by atomic mass is 32.1. The van der Waals surface area contributed by atoms with Crippen molar-refractivity contribution in [3.8, 4) is 11.3 Å². The van der Waals surface area contributed by atoms with Crippen LogP contribution in [0, 0.1) is 5.82 Å². The van der Waals surface area contributed by atoms with Gasteiger partial charge in [0.2, 0.25) is 0 Å². The maximum Gasteiger partial charge on any atom is 0.490 e. The topological polar surface area (TPSA) is 79.2 Å². The molecule has 6 nitrogen and oxygen atoms in total. The van der Waals surface area contributed by atoms with Gasteiger partial charge in [-0.05, 0) is 30.7 Å². The number of hydrogen-bond donors (Lipinski definition) is 1. The number of aliphatic carboxylic acids is 1. The van der Waals surface area contributed by atoms with E-state index in [2.05, 4.69) is 19.9 Å². The molecule has 164 valence electrons. The highest BCUT2D eigenvalue weighted by Gasteiger charge is 2.38. The average molecular weight is 454 g/mol. The Bertz CT molecular complexity index is 1010. The summed E-state index contributed by atoms with van der Waals surface area (Å²) >= 11 is 1.69. The molecule has 0 aliphatic carbocycles. The van der Waals surface area contributed by atoms with Gasteiger partial charge >= 0.3 is 12.1 Å². The van der Waals surface area contributed by atoms with E-state index in [0.717, 1.165) is 54.4 Å². The summed E-state index contributed by atoms with van der Waals surface area (Å²) in [7, 11) is 0. The summed E-state index contributed by atoms with van der Waals surface area (Å²) in [5, 5.41) is 10.3. The Kier molecular flexibility index (Phi) is 7.29. The summed E-state index contributed by atoms with van der Waals surface area (Å²) in [6.07, 6.45) is 0.185. The summed E-state index contributed by atoms with van der Waals surface area (Å²) in [6.45, 7) is 2.80. The second-order valence-electron chi connectivity index (χ2n) is 6.66. The summed E-state index contributed by atoms with van der Waals surface area (Å²) < 4.78 is 44.9. The minimum Gasteiger partial charge on any atom is -0.475 e. The summed E-state index contributed by atoms with van der Waals surface area (Å²) in [5.74, 6) is -2.99. The Labute approximate surface area is 179 Å². The van der Waals surface area contributed by atoms with Crippen molar-refractivity contribution in [1.29, 1.82) is 0 Å². The molecule has 11 heteroatoms. The number of alkyl halides is 3. The van der Waals surface area contributed by atoms with Crippen LogP contribution >= 0.6 is 11.3 Å². The lowest BCUT2D eigenvalue weighted by Gasteiger charge is -2.17. The molecule has 0 atom stereocenters. The smallest absolute Gasteiger partial charge is 0.475 e. The predicted molar refractivity (Wildman–Crippen MR) is 106 cm³/mol.